The maximum absolute atomic E-state index is 13.3. The summed E-state index contributed by atoms with van der Waals surface area (Å²) >= 11 is 0. The fourth-order valence-electron chi connectivity index (χ4n) is 4.46. The smallest absolute Gasteiger partial charge is 0.255 e. The van der Waals surface area contributed by atoms with E-state index in [0.29, 0.717) is 29.8 Å². The molecule has 0 aliphatic carbocycles. The Morgan fingerprint density at radius 2 is 1.66 bits per heavy atom. The Hall–Kier alpha value is -4.13. The standard InChI is InChI=1S/C28H29N3O4/c1-3-23(22-15-9-10-16-24(22)35-2)30-25(32)17-29-27(33)26-20-13-7-8-14-21(20)28(34)31(26)18-19-11-5-4-6-12-19/h4-16,23,26H,3,17-18H2,1-2H3,(H,29,33)(H,30,32)/t23-,26-/m1/s1. The Kier molecular flexibility index (Phi) is 7.45. The highest BCUT2D eigenvalue weighted by Gasteiger charge is 2.40. The van der Waals surface area contributed by atoms with Crippen LogP contribution in [0.3, 0.4) is 0 Å². The van der Waals surface area contributed by atoms with Gasteiger partial charge in [-0.15, -0.1) is 0 Å². The van der Waals surface area contributed by atoms with Gasteiger partial charge in [-0.3, -0.25) is 14.4 Å². The summed E-state index contributed by atoms with van der Waals surface area (Å²) in [7, 11) is 1.59. The highest BCUT2D eigenvalue weighted by atomic mass is 16.5. The number of carbonyl (C=O) groups is 3. The monoisotopic (exact) mass is 471 g/mol. The topological polar surface area (TPSA) is 87.7 Å². The molecule has 0 saturated heterocycles. The number of carbonyl (C=O) groups excluding carboxylic acids is 3. The number of rotatable bonds is 9. The number of amides is 3. The summed E-state index contributed by atoms with van der Waals surface area (Å²) in [5.41, 5.74) is 2.95. The van der Waals surface area contributed by atoms with Crippen molar-refractivity contribution in [2.24, 2.45) is 0 Å². The Morgan fingerprint density at radius 1 is 0.971 bits per heavy atom. The second kappa shape index (κ2) is 10.9. The highest BCUT2D eigenvalue weighted by Crippen LogP contribution is 2.35. The Balaban J connectivity index is 1.46. The summed E-state index contributed by atoms with van der Waals surface area (Å²) in [4.78, 5) is 40.7. The van der Waals surface area contributed by atoms with Gasteiger partial charge >= 0.3 is 0 Å². The predicted octanol–water partition coefficient (Wildman–Crippen LogP) is 3.78. The van der Waals surface area contributed by atoms with Crippen molar-refractivity contribution in [3.8, 4) is 5.75 Å². The molecule has 1 heterocycles. The molecule has 0 saturated carbocycles. The molecule has 1 aliphatic rings. The Labute approximate surface area is 205 Å². The van der Waals surface area contributed by atoms with E-state index in [2.05, 4.69) is 10.6 Å². The zero-order chi connectivity index (χ0) is 24.8. The summed E-state index contributed by atoms with van der Waals surface area (Å²) in [5.74, 6) is -0.208. The lowest BCUT2D eigenvalue weighted by atomic mass is 10.0. The number of nitrogens with zero attached hydrogens (tertiary/aromatic N) is 1. The first-order valence-corrected chi connectivity index (χ1v) is 11.7. The van der Waals surface area contributed by atoms with Crippen molar-refractivity contribution in [3.63, 3.8) is 0 Å². The molecule has 0 fully saturated rings. The second-order valence-corrected chi connectivity index (χ2v) is 8.40. The molecule has 3 aromatic carbocycles. The van der Waals surface area contributed by atoms with Gasteiger partial charge in [-0.25, -0.2) is 0 Å². The van der Waals surface area contributed by atoms with Gasteiger partial charge in [0.25, 0.3) is 5.91 Å². The van der Waals surface area contributed by atoms with E-state index < -0.39 is 6.04 Å². The molecule has 4 rings (SSSR count). The van der Waals surface area contributed by atoms with Gasteiger partial charge in [0.15, 0.2) is 0 Å². The van der Waals surface area contributed by atoms with E-state index >= 15 is 0 Å². The molecule has 3 amide bonds. The van der Waals surface area contributed by atoms with Gasteiger partial charge in [-0.05, 0) is 29.7 Å². The van der Waals surface area contributed by atoms with Crippen molar-refractivity contribution in [3.05, 3.63) is 101 Å². The molecule has 7 heteroatoms. The molecule has 1 aliphatic heterocycles. The van der Waals surface area contributed by atoms with E-state index in [0.717, 1.165) is 11.1 Å². The average Bonchev–Trinajstić information content (AvgIpc) is 3.17. The summed E-state index contributed by atoms with van der Waals surface area (Å²) in [6.45, 7) is 2.07. The lowest BCUT2D eigenvalue weighted by Gasteiger charge is -2.25. The van der Waals surface area contributed by atoms with E-state index in [-0.39, 0.29) is 30.3 Å². The van der Waals surface area contributed by atoms with E-state index in [1.807, 2.05) is 67.6 Å². The van der Waals surface area contributed by atoms with Crippen molar-refractivity contribution in [2.75, 3.05) is 13.7 Å². The molecule has 0 radical (unpaired) electrons. The Bertz CT molecular complexity index is 1210. The van der Waals surface area contributed by atoms with Gasteiger partial charge in [0, 0.05) is 17.7 Å². The third-order valence-corrected chi connectivity index (χ3v) is 6.18. The minimum Gasteiger partial charge on any atom is -0.496 e. The molecule has 0 unspecified atom stereocenters. The quantitative estimate of drug-likeness (QED) is 0.497. The van der Waals surface area contributed by atoms with Crippen LogP contribution in [0.5, 0.6) is 5.75 Å². The van der Waals surface area contributed by atoms with Crippen molar-refractivity contribution in [1.29, 1.82) is 0 Å². The largest absolute Gasteiger partial charge is 0.496 e. The van der Waals surface area contributed by atoms with Crippen molar-refractivity contribution in [2.45, 2.75) is 32.0 Å². The molecule has 3 aromatic rings. The van der Waals surface area contributed by atoms with Gasteiger partial charge < -0.3 is 20.3 Å². The lowest BCUT2D eigenvalue weighted by molar-refractivity contribution is -0.129. The third kappa shape index (κ3) is 5.19. The third-order valence-electron chi connectivity index (χ3n) is 6.18. The number of ether oxygens (including phenoxy) is 1. The van der Waals surface area contributed by atoms with E-state index in [9.17, 15) is 14.4 Å². The van der Waals surface area contributed by atoms with Crippen molar-refractivity contribution >= 4 is 17.7 Å². The van der Waals surface area contributed by atoms with Gasteiger partial charge in [0.2, 0.25) is 11.8 Å². The van der Waals surface area contributed by atoms with Crippen LogP contribution in [0.15, 0.2) is 78.9 Å². The molecule has 2 atom stereocenters. The van der Waals surface area contributed by atoms with E-state index in [4.69, 9.17) is 4.74 Å². The van der Waals surface area contributed by atoms with Crippen molar-refractivity contribution < 1.29 is 19.1 Å². The van der Waals surface area contributed by atoms with Gasteiger partial charge in [0.05, 0.1) is 19.7 Å². The van der Waals surface area contributed by atoms with Gasteiger partial charge in [-0.1, -0.05) is 73.7 Å². The zero-order valence-electron chi connectivity index (χ0n) is 19.9. The minimum atomic E-state index is -0.803. The predicted molar refractivity (Wildman–Crippen MR) is 133 cm³/mol. The fraction of sp³-hybridized carbons (Fsp3) is 0.250. The van der Waals surface area contributed by atoms with Crippen LogP contribution < -0.4 is 15.4 Å². The van der Waals surface area contributed by atoms with Crippen LogP contribution >= 0.6 is 0 Å². The number of fused-ring (bicyclic) bond motifs is 1. The van der Waals surface area contributed by atoms with Crippen LogP contribution in [0.1, 0.15) is 52.5 Å². The molecular formula is C28H29N3O4. The summed E-state index contributed by atoms with van der Waals surface area (Å²) in [6, 6.07) is 23.1. The number of nitrogens with one attached hydrogen (secondary N) is 2. The highest BCUT2D eigenvalue weighted by molar-refractivity contribution is 6.05. The second-order valence-electron chi connectivity index (χ2n) is 8.40. The van der Waals surface area contributed by atoms with Crippen LogP contribution in [0.25, 0.3) is 0 Å². The summed E-state index contributed by atoms with van der Waals surface area (Å²) in [5, 5.41) is 5.70. The van der Waals surface area contributed by atoms with E-state index in [1.54, 1.807) is 30.2 Å². The number of para-hydroxylation sites is 1. The number of hydrogen-bond acceptors (Lipinski definition) is 4. The first kappa shape index (κ1) is 24.0. The van der Waals surface area contributed by atoms with Crippen LogP contribution in [-0.4, -0.2) is 36.3 Å². The molecular weight excluding hydrogens is 442 g/mol. The zero-order valence-corrected chi connectivity index (χ0v) is 19.9. The molecule has 0 spiro atoms. The lowest BCUT2D eigenvalue weighted by Crippen LogP contribution is -2.43. The maximum Gasteiger partial charge on any atom is 0.255 e. The van der Waals surface area contributed by atoms with E-state index in [1.165, 1.54) is 0 Å². The number of hydrogen-bond donors (Lipinski definition) is 2. The normalized spacial score (nSPS) is 15.3. The molecule has 35 heavy (non-hydrogen) atoms. The molecule has 0 aromatic heterocycles. The average molecular weight is 472 g/mol. The van der Waals surface area contributed by atoms with Gasteiger partial charge in [-0.2, -0.15) is 0 Å². The van der Waals surface area contributed by atoms with Crippen LogP contribution in [-0.2, 0) is 16.1 Å². The SMILES string of the molecule is CC[C@@H](NC(=O)CNC(=O)[C@H]1c2ccccc2C(=O)N1Cc1ccccc1)c1ccccc1OC. The van der Waals surface area contributed by atoms with Gasteiger partial charge in [0.1, 0.15) is 11.8 Å². The fourth-order valence-corrected chi connectivity index (χ4v) is 4.46. The Morgan fingerprint density at radius 3 is 2.40 bits per heavy atom. The molecule has 7 nitrogen and oxygen atoms in total. The summed E-state index contributed by atoms with van der Waals surface area (Å²) in [6.07, 6.45) is 0.662. The first-order chi connectivity index (χ1) is 17.0. The molecule has 2 N–H and O–H groups in total. The van der Waals surface area contributed by atoms with Crippen LogP contribution in [0.2, 0.25) is 0 Å². The number of benzene rings is 3. The summed E-state index contributed by atoms with van der Waals surface area (Å²) < 4.78 is 5.42. The minimum absolute atomic E-state index is 0.198. The first-order valence-electron chi connectivity index (χ1n) is 11.7. The van der Waals surface area contributed by atoms with Crippen LogP contribution in [0.4, 0.5) is 0 Å². The maximum atomic E-state index is 13.3. The van der Waals surface area contributed by atoms with Crippen molar-refractivity contribution in [1.82, 2.24) is 15.5 Å². The molecule has 180 valence electrons. The van der Waals surface area contributed by atoms with Crippen LogP contribution in [0, 0.1) is 0 Å². The number of methoxy groups -OCH3 is 1. The molecule has 0 bridgehead atoms.